The third kappa shape index (κ3) is 5.77. The lowest BCUT2D eigenvalue weighted by atomic mass is 10.1. The number of rotatable bonds is 10. The van der Waals surface area contributed by atoms with E-state index in [0.717, 1.165) is 25.1 Å². The van der Waals surface area contributed by atoms with E-state index in [1.807, 2.05) is 6.07 Å². The standard InChI is InChI=1S/C16H24O3/c1-3-4-5-6-7-8-11-19-15-10-9-14(13-17)16(12-15)18-2/h9-10,12-13H,3-8,11H2,1-2H3. The highest BCUT2D eigenvalue weighted by Gasteiger charge is 2.03. The maximum absolute atomic E-state index is 10.8. The molecule has 0 bridgehead atoms. The zero-order valence-electron chi connectivity index (χ0n) is 12.0. The molecule has 1 aromatic carbocycles. The van der Waals surface area contributed by atoms with Gasteiger partial charge in [0.05, 0.1) is 19.3 Å². The quantitative estimate of drug-likeness (QED) is 0.468. The Hall–Kier alpha value is -1.51. The molecule has 19 heavy (non-hydrogen) atoms. The second-order valence-electron chi connectivity index (χ2n) is 4.64. The Bertz CT molecular complexity index is 374. The molecule has 3 nitrogen and oxygen atoms in total. The van der Waals surface area contributed by atoms with Crippen molar-refractivity contribution < 1.29 is 14.3 Å². The van der Waals surface area contributed by atoms with E-state index in [4.69, 9.17) is 9.47 Å². The highest BCUT2D eigenvalue weighted by atomic mass is 16.5. The van der Waals surface area contributed by atoms with Crippen LogP contribution in [-0.4, -0.2) is 20.0 Å². The van der Waals surface area contributed by atoms with E-state index >= 15 is 0 Å². The molecule has 0 fully saturated rings. The summed E-state index contributed by atoms with van der Waals surface area (Å²) in [5.74, 6) is 1.33. The van der Waals surface area contributed by atoms with Crippen LogP contribution in [-0.2, 0) is 0 Å². The maximum Gasteiger partial charge on any atom is 0.153 e. The van der Waals surface area contributed by atoms with Gasteiger partial charge >= 0.3 is 0 Å². The van der Waals surface area contributed by atoms with Crippen LogP contribution in [0.2, 0.25) is 0 Å². The molecule has 1 rings (SSSR count). The molecule has 0 saturated heterocycles. The largest absolute Gasteiger partial charge is 0.496 e. The van der Waals surface area contributed by atoms with Gasteiger partial charge in [0.15, 0.2) is 6.29 Å². The Morgan fingerprint density at radius 1 is 1.11 bits per heavy atom. The number of benzene rings is 1. The summed E-state index contributed by atoms with van der Waals surface area (Å²) in [6.45, 7) is 2.94. The number of hydrogen-bond acceptors (Lipinski definition) is 3. The van der Waals surface area contributed by atoms with E-state index in [1.54, 1.807) is 19.2 Å². The first-order valence-electron chi connectivity index (χ1n) is 7.07. The Morgan fingerprint density at radius 2 is 1.84 bits per heavy atom. The molecule has 1 aromatic rings. The number of hydrogen-bond donors (Lipinski definition) is 0. The molecule has 0 spiro atoms. The van der Waals surface area contributed by atoms with E-state index < -0.39 is 0 Å². The van der Waals surface area contributed by atoms with Crippen molar-refractivity contribution in [3.8, 4) is 11.5 Å². The van der Waals surface area contributed by atoms with Gasteiger partial charge in [-0.25, -0.2) is 0 Å². The molecule has 0 atom stereocenters. The number of methoxy groups -OCH3 is 1. The highest BCUT2D eigenvalue weighted by Crippen LogP contribution is 2.23. The predicted octanol–water partition coefficient (Wildman–Crippen LogP) is 4.25. The summed E-state index contributed by atoms with van der Waals surface area (Å²) in [4.78, 5) is 10.8. The Balaban J connectivity index is 2.27. The van der Waals surface area contributed by atoms with Gasteiger partial charge in [-0.05, 0) is 18.6 Å². The average Bonchev–Trinajstić information content (AvgIpc) is 2.46. The monoisotopic (exact) mass is 264 g/mol. The molecule has 0 radical (unpaired) electrons. The average molecular weight is 264 g/mol. The van der Waals surface area contributed by atoms with Crippen LogP contribution in [0.25, 0.3) is 0 Å². The fourth-order valence-corrected chi connectivity index (χ4v) is 1.95. The van der Waals surface area contributed by atoms with Crippen LogP contribution in [0.1, 0.15) is 55.8 Å². The summed E-state index contributed by atoms with van der Waals surface area (Å²) < 4.78 is 10.8. The fourth-order valence-electron chi connectivity index (χ4n) is 1.95. The van der Waals surface area contributed by atoms with Crippen LogP contribution in [0.5, 0.6) is 11.5 Å². The van der Waals surface area contributed by atoms with Crippen molar-refractivity contribution in [2.45, 2.75) is 45.4 Å². The highest BCUT2D eigenvalue weighted by molar-refractivity contribution is 5.79. The Kier molecular flexibility index (Phi) is 7.71. The van der Waals surface area contributed by atoms with Crippen molar-refractivity contribution in [1.82, 2.24) is 0 Å². The minimum atomic E-state index is 0.550. The van der Waals surface area contributed by atoms with Gasteiger partial charge in [-0.15, -0.1) is 0 Å². The van der Waals surface area contributed by atoms with Gasteiger partial charge in [0, 0.05) is 6.07 Å². The van der Waals surface area contributed by atoms with Crippen LogP contribution >= 0.6 is 0 Å². The molecule has 0 N–H and O–H groups in total. The van der Waals surface area contributed by atoms with E-state index in [9.17, 15) is 4.79 Å². The molecule has 0 amide bonds. The SMILES string of the molecule is CCCCCCCCOc1ccc(C=O)c(OC)c1. The van der Waals surface area contributed by atoms with Crippen molar-refractivity contribution in [1.29, 1.82) is 0 Å². The summed E-state index contributed by atoms with van der Waals surface area (Å²) >= 11 is 0. The maximum atomic E-state index is 10.8. The van der Waals surface area contributed by atoms with E-state index in [2.05, 4.69) is 6.92 Å². The summed E-state index contributed by atoms with van der Waals surface area (Å²) in [5, 5.41) is 0. The topological polar surface area (TPSA) is 35.5 Å². The third-order valence-electron chi connectivity index (χ3n) is 3.10. The van der Waals surface area contributed by atoms with Crippen LogP contribution in [0.3, 0.4) is 0 Å². The van der Waals surface area contributed by atoms with E-state index in [-0.39, 0.29) is 0 Å². The lowest BCUT2D eigenvalue weighted by Crippen LogP contribution is -1.98. The van der Waals surface area contributed by atoms with E-state index in [0.29, 0.717) is 11.3 Å². The van der Waals surface area contributed by atoms with Crippen molar-refractivity contribution in [3.05, 3.63) is 23.8 Å². The first-order chi connectivity index (χ1) is 9.31. The number of unbranched alkanes of at least 4 members (excludes halogenated alkanes) is 5. The summed E-state index contributed by atoms with van der Waals surface area (Å²) in [6.07, 6.45) is 8.27. The zero-order valence-corrected chi connectivity index (χ0v) is 12.0. The van der Waals surface area contributed by atoms with Crippen molar-refractivity contribution >= 4 is 6.29 Å². The number of aldehydes is 1. The normalized spacial score (nSPS) is 10.2. The molecule has 0 aliphatic heterocycles. The molecule has 0 unspecified atom stereocenters. The summed E-state index contributed by atoms with van der Waals surface area (Å²) in [6, 6.07) is 5.30. The van der Waals surface area contributed by atoms with Crippen molar-refractivity contribution in [3.63, 3.8) is 0 Å². The van der Waals surface area contributed by atoms with Crippen molar-refractivity contribution in [2.75, 3.05) is 13.7 Å². The van der Waals surface area contributed by atoms with Crippen LogP contribution < -0.4 is 9.47 Å². The molecule has 3 heteroatoms. The molecule has 0 saturated carbocycles. The third-order valence-corrected chi connectivity index (χ3v) is 3.10. The zero-order chi connectivity index (χ0) is 13.9. The predicted molar refractivity (Wildman–Crippen MR) is 77.3 cm³/mol. The second kappa shape index (κ2) is 9.42. The first kappa shape index (κ1) is 15.5. The van der Waals surface area contributed by atoms with Gasteiger partial charge in [0.25, 0.3) is 0 Å². The van der Waals surface area contributed by atoms with Gasteiger partial charge in [0.1, 0.15) is 11.5 Å². The van der Waals surface area contributed by atoms with Gasteiger partial charge in [-0.2, -0.15) is 0 Å². The summed E-state index contributed by atoms with van der Waals surface area (Å²) in [5.41, 5.74) is 0.550. The van der Waals surface area contributed by atoms with Crippen LogP contribution in [0, 0.1) is 0 Å². The molecule has 0 aliphatic carbocycles. The minimum absolute atomic E-state index is 0.550. The van der Waals surface area contributed by atoms with E-state index in [1.165, 1.54) is 32.1 Å². The Morgan fingerprint density at radius 3 is 2.53 bits per heavy atom. The molecular weight excluding hydrogens is 240 g/mol. The lowest BCUT2D eigenvalue weighted by Gasteiger charge is -2.09. The molecular formula is C16H24O3. The van der Waals surface area contributed by atoms with Crippen molar-refractivity contribution in [2.24, 2.45) is 0 Å². The van der Waals surface area contributed by atoms with Gasteiger partial charge < -0.3 is 9.47 Å². The summed E-state index contributed by atoms with van der Waals surface area (Å²) in [7, 11) is 1.56. The fraction of sp³-hybridized carbons (Fsp3) is 0.562. The van der Waals surface area contributed by atoms with Gasteiger partial charge in [0.2, 0.25) is 0 Å². The molecule has 0 aliphatic rings. The second-order valence-corrected chi connectivity index (χ2v) is 4.64. The smallest absolute Gasteiger partial charge is 0.153 e. The first-order valence-corrected chi connectivity index (χ1v) is 7.07. The van der Waals surface area contributed by atoms with Gasteiger partial charge in [-0.1, -0.05) is 39.0 Å². The number of ether oxygens (including phenoxy) is 2. The van der Waals surface area contributed by atoms with Crippen LogP contribution in [0.15, 0.2) is 18.2 Å². The number of carbonyl (C=O) groups is 1. The lowest BCUT2D eigenvalue weighted by molar-refractivity contribution is 0.112. The molecule has 0 aromatic heterocycles. The molecule has 106 valence electrons. The van der Waals surface area contributed by atoms with Crippen LogP contribution in [0.4, 0.5) is 0 Å². The Labute approximate surface area is 115 Å². The molecule has 0 heterocycles. The minimum Gasteiger partial charge on any atom is -0.496 e. The van der Waals surface area contributed by atoms with Gasteiger partial charge in [-0.3, -0.25) is 4.79 Å². The number of carbonyl (C=O) groups excluding carboxylic acids is 1.